The van der Waals surface area contributed by atoms with E-state index in [2.05, 4.69) is 0 Å². The molecule has 0 N–H and O–H groups in total. The van der Waals surface area contributed by atoms with Crippen molar-refractivity contribution >= 4 is 19.5 Å². The summed E-state index contributed by atoms with van der Waals surface area (Å²) in [4.78, 5) is 10.9. The summed E-state index contributed by atoms with van der Waals surface area (Å²) in [6.45, 7) is 8.06. The van der Waals surface area contributed by atoms with E-state index in [0.717, 1.165) is 11.8 Å². The highest BCUT2D eigenvalue weighted by Crippen LogP contribution is 2.37. The maximum Gasteiger partial charge on any atom is 0.487 e. The number of aldehydes is 1. The van der Waals surface area contributed by atoms with Gasteiger partial charge in [0.25, 0.3) is 0 Å². The molecule has 0 atom stereocenters. The van der Waals surface area contributed by atoms with Crippen molar-refractivity contribution in [3.63, 3.8) is 0 Å². The molecular formula is C15H19BO3. The lowest BCUT2D eigenvalue weighted by atomic mass is 9.88. The van der Waals surface area contributed by atoms with Crippen LogP contribution >= 0.6 is 0 Å². The van der Waals surface area contributed by atoms with Gasteiger partial charge in [-0.05, 0) is 33.3 Å². The maximum atomic E-state index is 10.9. The Bertz CT molecular complexity index is 490. The Hall–Kier alpha value is -1.39. The minimum Gasteiger partial charge on any atom is -0.400 e. The average molecular weight is 258 g/mol. The molecule has 1 aliphatic rings. The van der Waals surface area contributed by atoms with Crippen molar-refractivity contribution in [2.45, 2.75) is 38.9 Å². The van der Waals surface area contributed by atoms with Crippen molar-refractivity contribution in [3.8, 4) is 0 Å². The number of benzene rings is 1. The SMILES string of the molecule is CC1(C)OB(C=Cc2ccccc2C=O)OC1(C)C. The Balaban J connectivity index is 2.15. The second-order valence-corrected chi connectivity index (χ2v) is 5.73. The fraction of sp³-hybridized carbons (Fsp3) is 0.400. The monoisotopic (exact) mass is 258 g/mol. The lowest BCUT2D eigenvalue weighted by Crippen LogP contribution is -2.41. The van der Waals surface area contributed by atoms with Gasteiger partial charge in [0.2, 0.25) is 0 Å². The normalized spacial score (nSPS) is 20.9. The molecule has 0 amide bonds. The van der Waals surface area contributed by atoms with E-state index in [4.69, 9.17) is 9.31 Å². The molecule has 0 aliphatic carbocycles. The van der Waals surface area contributed by atoms with Gasteiger partial charge in [-0.1, -0.05) is 36.3 Å². The van der Waals surface area contributed by atoms with Gasteiger partial charge in [-0.2, -0.15) is 0 Å². The minimum atomic E-state index is -0.385. The van der Waals surface area contributed by atoms with Crippen molar-refractivity contribution in [2.75, 3.05) is 0 Å². The number of hydrogen-bond donors (Lipinski definition) is 0. The molecule has 0 radical (unpaired) electrons. The molecule has 1 aromatic rings. The minimum absolute atomic E-state index is 0.341. The first-order chi connectivity index (χ1) is 8.86. The fourth-order valence-electron chi connectivity index (χ4n) is 1.92. The number of rotatable bonds is 3. The Kier molecular flexibility index (Phi) is 3.65. The molecule has 100 valence electrons. The zero-order valence-electron chi connectivity index (χ0n) is 11.8. The molecule has 1 aliphatic heterocycles. The summed E-state index contributed by atoms with van der Waals surface area (Å²) in [5, 5.41) is 0. The smallest absolute Gasteiger partial charge is 0.400 e. The van der Waals surface area contributed by atoms with Crippen LogP contribution < -0.4 is 0 Å². The summed E-state index contributed by atoms with van der Waals surface area (Å²) in [5.41, 5.74) is 0.848. The topological polar surface area (TPSA) is 35.5 Å². The molecule has 1 saturated heterocycles. The van der Waals surface area contributed by atoms with E-state index in [9.17, 15) is 4.79 Å². The molecule has 0 unspecified atom stereocenters. The van der Waals surface area contributed by atoms with Crippen molar-refractivity contribution in [2.24, 2.45) is 0 Å². The first kappa shape index (κ1) is 14.0. The van der Waals surface area contributed by atoms with Gasteiger partial charge in [-0.25, -0.2) is 0 Å². The maximum absolute atomic E-state index is 10.9. The van der Waals surface area contributed by atoms with Crippen LogP contribution in [0.25, 0.3) is 6.08 Å². The third-order valence-corrected chi connectivity index (χ3v) is 3.83. The van der Waals surface area contributed by atoms with E-state index in [1.54, 1.807) is 6.07 Å². The van der Waals surface area contributed by atoms with Gasteiger partial charge in [0.15, 0.2) is 6.29 Å². The molecule has 4 heteroatoms. The van der Waals surface area contributed by atoms with Gasteiger partial charge < -0.3 is 9.31 Å². The molecule has 1 heterocycles. The summed E-state index contributed by atoms with van der Waals surface area (Å²) < 4.78 is 11.7. The standard InChI is InChI=1S/C15H19BO3/c1-14(2)15(3,4)19-16(18-14)10-9-12-7-5-6-8-13(12)11-17/h5-11H,1-4H3. The fourth-order valence-corrected chi connectivity index (χ4v) is 1.92. The van der Waals surface area contributed by atoms with Crippen LogP contribution in [0.5, 0.6) is 0 Å². The van der Waals surface area contributed by atoms with E-state index in [-0.39, 0.29) is 18.3 Å². The van der Waals surface area contributed by atoms with Crippen molar-refractivity contribution in [1.82, 2.24) is 0 Å². The van der Waals surface area contributed by atoms with E-state index in [1.165, 1.54) is 0 Å². The van der Waals surface area contributed by atoms with Gasteiger partial charge in [0.1, 0.15) is 0 Å². The number of carbonyl (C=O) groups is 1. The van der Waals surface area contributed by atoms with Gasteiger partial charge in [-0.3, -0.25) is 4.79 Å². The Morgan fingerprint density at radius 1 is 1.00 bits per heavy atom. The van der Waals surface area contributed by atoms with Crippen molar-refractivity contribution in [3.05, 3.63) is 41.4 Å². The third-order valence-electron chi connectivity index (χ3n) is 3.83. The van der Waals surface area contributed by atoms with Gasteiger partial charge in [0, 0.05) is 5.56 Å². The van der Waals surface area contributed by atoms with Crippen molar-refractivity contribution < 1.29 is 14.1 Å². The predicted octanol–water partition coefficient (Wildman–Crippen LogP) is 3.14. The van der Waals surface area contributed by atoms with Crippen LogP contribution in [0.1, 0.15) is 43.6 Å². The summed E-state index contributed by atoms with van der Waals surface area (Å²) in [7, 11) is -0.385. The van der Waals surface area contributed by atoms with E-state index >= 15 is 0 Å². The van der Waals surface area contributed by atoms with Crippen LogP contribution in [0.4, 0.5) is 0 Å². The lowest BCUT2D eigenvalue weighted by molar-refractivity contribution is 0.00578. The molecule has 0 saturated carbocycles. The lowest BCUT2D eigenvalue weighted by Gasteiger charge is -2.32. The number of hydrogen-bond acceptors (Lipinski definition) is 3. The molecule has 1 fully saturated rings. The van der Waals surface area contributed by atoms with Crippen LogP contribution in [0, 0.1) is 0 Å². The van der Waals surface area contributed by atoms with Crippen molar-refractivity contribution in [1.29, 1.82) is 0 Å². The van der Waals surface area contributed by atoms with Crippen LogP contribution in [-0.4, -0.2) is 24.6 Å². The summed E-state index contributed by atoms with van der Waals surface area (Å²) in [5.74, 6) is 1.85. The summed E-state index contributed by atoms with van der Waals surface area (Å²) in [6, 6.07) is 7.43. The van der Waals surface area contributed by atoms with E-state index in [0.29, 0.717) is 5.56 Å². The third kappa shape index (κ3) is 2.80. The van der Waals surface area contributed by atoms with Crippen LogP contribution in [0.2, 0.25) is 0 Å². The molecule has 1 aromatic carbocycles. The molecule has 0 bridgehead atoms. The average Bonchev–Trinajstić information content (AvgIpc) is 2.55. The van der Waals surface area contributed by atoms with Crippen LogP contribution in [0.3, 0.4) is 0 Å². The van der Waals surface area contributed by atoms with Crippen LogP contribution in [0.15, 0.2) is 30.2 Å². The van der Waals surface area contributed by atoms with E-state index < -0.39 is 0 Å². The molecule has 0 spiro atoms. The second kappa shape index (κ2) is 4.95. The highest BCUT2D eigenvalue weighted by atomic mass is 16.7. The second-order valence-electron chi connectivity index (χ2n) is 5.73. The quantitative estimate of drug-likeness (QED) is 0.617. The van der Waals surface area contributed by atoms with Gasteiger partial charge in [0.05, 0.1) is 11.2 Å². The zero-order valence-corrected chi connectivity index (χ0v) is 11.8. The van der Waals surface area contributed by atoms with Crippen LogP contribution in [-0.2, 0) is 9.31 Å². The highest BCUT2D eigenvalue weighted by Gasteiger charge is 2.49. The Morgan fingerprint density at radius 2 is 1.53 bits per heavy atom. The molecule has 0 aromatic heterocycles. The number of carbonyl (C=O) groups excluding carboxylic acids is 1. The van der Waals surface area contributed by atoms with E-state index in [1.807, 2.05) is 57.9 Å². The summed E-state index contributed by atoms with van der Waals surface area (Å²) in [6.07, 6.45) is 2.72. The first-order valence-electron chi connectivity index (χ1n) is 6.44. The molecule has 3 nitrogen and oxygen atoms in total. The summed E-state index contributed by atoms with van der Waals surface area (Å²) >= 11 is 0. The first-order valence-corrected chi connectivity index (χ1v) is 6.44. The zero-order chi connectivity index (χ0) is 14.1. The Morgan fingerprint density at radius 3 is 2.05 bits per heavy atom. The molecule has 2 rings (SSSR count). The predicted molar refractivity (Wildman–Crippen MR) is 76.9 cm³/mol. The van der Waals surface area contributed by atoms with Gasteiger partial charge in [-0.15, -0.1) is 0 Å². The van der Waals surface area contributed by atoms with Gasteiger partial charge >= 0.3 is 7.12 Å². The highest BCUT2D eigenvalue weighted by molar-refractivity contribution is 6.52. The molecular weight excluding hydrogens is 239 g/mol. The largest absolute Gasteiger partial charge is 0.487 e. The molecule has 19 heavy (non-hydrogen) atoms. The Labute approximate surface area is 114 Å².